The summed E-state index contributed by atoms with van der Waals surface area (Å²) in [7, 11) is -4.67. The molecule has 2 heterocycles. The van der Waals surface area contributed by atoms with Crippen LogP contribution in [0.3, 0.4) is 0 Å². The van der Waals surface area contributed by atoms with Gasteiger partial charge in [-0.05, 0) is 19.4 Å². The number of aliphatic hydroxyl groups is 7. The number of ether oxygens (including phenoxy) is 4. The molecule has 3 aliphatic rings. The smallest absolute Gasteiger partial charge is 0.394 e. The molecule has 43 heavy (non-hydrogen) atoms. The van der Waals surface area contributed by atoms with Gasteiger partial charge < -0.3 is 82.9 Å². The minimum atomic E-state index is -4.67. The average molecular weight is 654 g/mol. The predicted molar refractivity (Wildman–Crippen MR) is 140 cm³/mol. The quantitative estimate of drug-likeness (QED) is 0.0973. The Morgan fingerprint density at radius 3 is 1.93 bits per heavy atom. The summed E-state index contributed by atoms with van der Waals surface area (Å²) in [5.74, 6) is -0.805. The lowest BCUT2D eigenvalue weighted by molar-refractivity contribution is -0.310. The molecule has 2 aliphatic heterocycles. The van der Waals surface area contributed by atoms with Crippen LogP contribution in [-0.4, -0.2) is 171 Å². The average Bonchev–Trinajstić information content (AvgIpc) is 3.20. The Labute approximate surface area is 246 Å². The van der Waals surface area contributed by atoms with Gasteiger partial charge in [-0.2, -0.15) is 8.42 Å². The van der Waals surface area contributed by atoms with Gasteiger partial charge in [0.15, 0.2) is 12.6 Å². The molecular weight excluding hydrogens is 610 g/mol. The van der Waals surface area contributed by atoms with Crippen molar-refractivity contribution >= 4 is 16.3 Å². The monoisotopic (exact) mass is 653 g/mol. The molecule has 2 saturated heterocycles. The van der Waals surface area contributed by atoms with Crippen molar-refractivity contribution < 1.29 is 77.0 Å². The van der Waals surface area contributed by atoms with Crippen molar-refractivity contribution in [2.45, 2.75) is 105 Å². The number of nitrogens with two attached hydrogens (primary N) is 4. The Balaban J connectivity index is 0.00000119. The van der Waals surface area contributed by atoms with E-state index in [0.29, 0.717) is 0 Å². The van der Waals surface area contributed by atoms with Crippen molar-refractivity contribution in [3.05, 3.63) is 0 Å². The third-order valence-electron chi connectivity index (χ3n) is 7.15. The summed E-state index contributed by atoms with van der Waals surface area (Å²) in [6.45, 7) is -0.763. The number of hydrogen-bond acceptors (Lipinski definition) is 18. The Bertz CT molecular complexity index is 975. The highest BCUT2D eigenvalue weighted by atomic mass is 32.3. The van der Waals surface area contributed by atoms with Crippen LogP contribution in [0.5, 0.6) is 0 Å². The second kappa shape index (κ2) is 16.3. The zero-order valence-corrected chi connectivity index (χ0v) is 23.6. The number of amides is 1. The Hall–Kier alpha value is -1.26. The molecule has 1 saturated carbocycles. The highest BCUT2D eigenvalue weighted by Crippen LogP contribution is 2.32. The Kier molecular flexibility index (Phi) is 14.4. The predicted octanol–water partition coefficient (Wildman–Crippen LogP) is -8.44. The molecule has 254 valence electrons. The number of rotatable bonds is 10. The summed E-state index contributed by atoms with van der Waals surface area (Å²) >= 11 is 0. The third-order valence-corrected chi connectivity index (χ3v) is 7.15. The zero-order chi connectivity index (χ0) is 32.8. The van der Waals surface area contributed by atoms with Crippen molar-refractivity contribution in [1.29, 1.82) is 0 Å². The van der Waals surface area contributed by atoms with Crippen LogP contribution < -0.4 is 28.3 Å². The van der Waals surface area contributed by atoms with Gasteiger partial charge >= 0.3 is 10.4 Å². The normalized spacial score (nSPS) is 42.5. The molecule has 0 unspecified atom stereocenters. The van der Waals surface area contributed by atoms with Crippen LogP contribution in [0.4, 0.5) is 0 Å². The fraction of sp³-hybridized carbons (Fsp3) is 0.952. The van der Waals surface area contributed by atoms with E-state index in [1.165, 1.54) is 0 Å². The summed E-state index contributed by atoms with van der Waals surface area (Å²) in [5, 5.41) is 74.1. The van der Waals surface area contributed by atoms with Crippen molar-refractivity contribution in [2.75, 3.05) is 19.7 Å². The van der Waals surface area contributed by atoms with E-state index < -0.39 is 115 Å². The van der Waals surface area contributed by atoms with Crippen LogP contribution in [0.2, 0.25) is 0 Å². The van der Waals surface area contributed by atoms with Crippen LogP contribution in [0.1, 0.15) is 12.8 Å². The van der Waals surface area contributed by atoms with E-state index in [0.717, 1.165) is 0 Å². The fourth-order valence-corrected chi connectivity index (χ4v) is 4.84. The molecule has 0 bridgehead atoms. The highest BCUT2D eigenvalue weighted by Gasteiger charge is 2.53. The van der Waals surface area contributed by atoms with Gasteiger partial charge in [0.25, 0.3) is 0 Å². The lowest BCUT2D eigenvalue weighted by Crippen LogP contribution is -2.69. The zero-order valence-electron chi connectivity index (χ0n) is 22.8. The molecule has 21 nitrogen and oxygen atoms in total. The standard InChI is InChI=1S/C21H41N5O12.H2O4S/c22-2-1-8(28)19(34)26-7-3-6(24)17(37-20-11(25)15(32)14(31)10(5-27)36-20)18(12(7)29)38-21-16(33)13(30)9(4-23)35-21;1-5(2,3)4/h6-18,20-21,27-33H,1-5,22-25H2,(H,26,34);(H2,1,2,3,4)/t6-,7+,8-,9+,10+,11+,12-,13+,14+,15+,16+,17+,18+,20+,21-;/m0./s1. The van der Waals surface area contributed by atoms with Gasteiger partial charge in [-0.3, -0.25) is 13.9 Å². The summed E-state index contributed by atoms with van der Waals surface area (Å²) in [5.41, 5.74) is 23.2. The summed E-state index contributed by atoms with van der Waals surface area (Å²) in [6, 6.07) is -3.33. The molecule has 0 aromatic carbocycles. The van der Waals surface area contributed by atoms with Crippen molar-refractivity contribution in [1.82, 2.24) is 5.32 Å². The molecule has 3 rings (SSSR count). The van der Waals surface area contributed by atoms with Gasteiger partial charge in [-0.25, -0.2) is 0 Å². The van der Waals surface area contributed by atoms with Gasteiger partial charge in [0.1, 0.15) is 61.0 Å². The number of nitrogens with one attached hydrogen (secondary N) is 1. The maximum atomic E-state index is 12.4. The minimum Gasteiger partial charge on any atom is -0.394 e. The summed E-state index contributed by atoms with van der Waals surface area (Å²) in [6.07, 6.45) is -16.9. The van der Waals surface area contributed by atoms with E-state index in [1.54, 1.807) is 0 Å². The van der Waals surface area contributed by atoms with Gasteiger partial charge in [0, 0.05) is 12.6 Å². The molecule has 0 aromatic heterocycles. The molecule has 3 fully saturated rings. The molecule has 0 aromatic rings. The molecule has 15 atom stereocenters. The lowest BCUT2D eigenvalue weighted by Gasteiger charge is -2.47. The lowest BCUT2D eigenvalue weighted by atomic mass is 9.83. The molecule has 18 N–H and O–H groups in total. The largest absolute Gasteiger partial charge is 0.394 e. The molecule has 1 aliphatic carbocycles. The number of aliphatic hydroxyl groups excluding tert-OH is 7. The highest BCUT2D eigenvalue weighted by molar-refractivity contribution is 7.79. The van der Waals surface area contributed by atoms with Gasteiger partial charge in [-0.15, -0.1) is 0 Å². The first kappa shape index (κ1) is 37.9. The first-order valence-corrected chi connectivity index (χ1v) is 14.6. The maximum absolute atomic E-state index is 12.4. The first-order valence-electron chi connectivity index (χ1n) is 13.2. The van der Waals surface area contributed by atoms with Crippen LogP contribution in [0.25, 0.3) is 0 Å². The number of carbonyl (C=O) groups excluding carboxylic acids is 1. The first-order chi connectivity index (χ1) is 19.9. The van der Waals surface area contributed by atoms with Crippen LogP contribution in [-0.2, 0) is 34.1 Å². The van der Waals surface area contributed by atoms with Crippen molar-refractivity contribution in [3.63, 3.8) is 0 Å². The van der Waals surface area contributed by atoms with E-state index in [-0.39, 0.29) is 25.9 Å². The Morgan fingerprint density at radius 2 is 1.42 bits per heavy atom. The van der Waals surface area contributed by atoms with Gasteiger partial charge in [0.2, 0.25) is 5.91 Å². The maximum Gasteiger partial charge on any atom is 0.394 e. The molecule has 22 heteroatoms. The fourth-order valence-electron chi connectivity index (χ4n) is 4.84. The van der Waals surface area contributed by atoms with E-state index in [4.69, 9.17) is 59.4 Å². The Morgan fingerprint density at radius 1 is 0.884 bits per heavy atom. The van der Waals surface area contributed by atoms with Crippen LogP contribution >= 0.6 is 0 Å². The van der Waals surface area contributed by atoms with Crippen LogP contribution in [0.15, 0.2) is 0 Å². The van der Waals surface area contributed by atoms with E-state index >= 15 is 0 Å². The third kappa shape index (κ3) is 10.1. The summed E-state index contributed by atoms with van der Waals surface area (Å²) in [4.78, 5) is 12.4. The van der Waals surface area contributed by atoms with Crippen molar-refractivity contribution in [2.24, 2.45) is 22.9 Å². The van der Waals surface area contributed by atoms with Crippen molar-refractivity contribution in [3.8, 4) is 0 Å². The number of carbonyl (C=O) groups is 1. The minimum absolute atomic E-state index is 0.0239. The molecule has 1 amide bonds. The van der Waals surface area contributed by atoms with Gasteiger partial charge in [-0.1, -0.05) is 0 Å². The SMILES string of the molecule is NCC[C@H](O)C(=O)N[C@@H]1C[C@H](N)[C@@H](O[C@H]2O[C@H](CO)[C@@H](O)[C@H](O)[C@H]2N)[C@H](O[C@@H]2O[C@H](CN)[C@@H](O)[C@H]2O)[C@H]1O.O=S(=O)(O)O. The summed E-state index contributed by atoms with van der Waals surface area (Å²) < 4.78 is 54.3. The number of hydrogen-bond donors (Lipinski definition) is 14. The van der Waals surface area contributed by atoms with E-state index in [9.17, 15) is 40.5 Å². The second-order valence-electron chi connectivity index (χ2n) is 10.3. The molecule has 0 radical (unpaired) electrons. The second-order valence-corrected chi connectivity index (χ2v) is 11.2. The van der Waals surface area contributed by atoms with Gasteiger partial charge in [0.05, 0.1) is 18.7 Å². The molecule has 0 spiro atoms. The van der Waals surface area contributed by atoms with E-state index in [2.05, 4.69) is 5.32 Å². The van der Waals surface area contributed by atoms with E-state index in [1.807, 2.05) is 0 Å². The van der Waals surface area contributed by atoms with Crippen LogP contribution in [0, 0.1) is 0 Å². The molecular formula is C21H43N5O16S. The topological polar surface area (TPSA) is 386 Å².